The number of anilines is 1. The smallest absolute Gasteiger partial charge is 0.337 e. The first-order chi connectivity index (χ1) is 8.43. The van der Waals surface area contributed by atoms with Crippen molar-refractivity contribution in [2.24, 2.45) is 11.7 Å². The SMILES string of the molecule is CC(CN)CC(=O)Nc1cc(Br)ccc1C(=O)O. The molecule has 0 saturated carbocycles. The molecule has 98 valence electrons. The first kappa shape index (κ1) is 14.7. The lowest BCUT2D eigenvalue weighted by molar-refractivity contribution is -0.116. The Morgan fingerprint density at radius 1 is 1.50 bits per heavy atom. The van der Waals surface area contributed by atoms with Crippen LogP contribution < -0.4 is 11.1 Å². The Balaban J connectivity index is 2.86. The van der Waals surface area contributed by atoms with Crippen molar-refractivity contribution in [3.8, 4) is 0 Å². The lowest BCUT2D eigenvalue weighted by Gasteiger charge is -2.11. The van der Waals surface area contributed by atoms with E-state index in [1.54, 1.807) is 12.1 Å². The highest BCUT2D eigenvalue weighted by Crippen LogP contribution is 2.22. The molecule has 0 aliphatic rings. The molecule has 1 rings (SSSR count). The number of benzene rings is 1. The second-order valence-electron chi connectivity index (χ2n) is 4.09. The lowest BCUT2D eigenvalue weighted by atomic mass is 10.1. The van der Waals surface area contributed by atoms with Crippen molar-refractivity contribution in [2.45, 2.75) is 13.3 Å². The number of halogens is 1. The van der Waals surface area contributed by atoms with Crippen LogP contribution in [0, 0.1) is 5.92 Å². The number of hydrogen-bond donors (Lipinski definition) is 3. The molecule has 1 unspecified atom stereocenters. The van der Waals surface area contributed by atoms with Crippen molar-refractivity contribution in [2.75, 3.05) is 11.9 Å². The van der Waals surface area contributed by atoms with Crippen molar-refractivity contribution in [1.82, 2.24) is 0 Å². The fraction of sp³-hybridized carbons (Fsp3) is 0.333. The van der Waals surface area contributed by atoms with Gasteiger partial charge in [0.05, 0.1) is 11.3 Å². The molecule has 0 heterocycles. The van der Waals surface area contributed by atoms with Gasteiger partial charge in [-0.15, -0.1) is 0 Å². The third-order valence-corrected chi connectivity index (χ3v) is 2.92. The maximum Gasteiger partial charge on any atom is 0.337 e. The second kappa shape index (κ2) is 6.51. The van der Waals surface area contributed by atoms with Gasteiger partial charge in [-0.2, -0.15) is 0 Å². The number of carbonyl (C=O) groups excluding carboxylic acids is 1. The summed E-state index contributed by atoms with van der Waals surface area (Å²) in [6, 6.07) is 4.62. The highest BCUT2D eigenvalue weighted by atomic mass is 79.9. The van der Waals surface area contributed by atoms with Crippen molar-refractivity contribution < 1.29 is 14.7 Å². The third-order valence-electron chi connectivity index (χ3n) is 2.42. The van der Waals surface area contributed by atoms with E-state index in [9.17, 15) is 9.59 Å². The summed E-state index contributed by atoms with van der Waals surface area (Å²) in [5.41, 5.74) is 5.78. The van der Waals surface area contributed by atoms with Gasteiger partial charge in [-0.05, 0) is 30.7 Å². The Hall–Kier alpha value is -1.40. The summed E-state index contributed by atoms with van der Waals surface area (Å²) in [6.07, 6.45) is 0.266. The van der Waals surface area contributed by atoms with Gasteiger partial charge in [-0.1, -0.05) is 22.9 Å². The van der Waals surface area contributed by atoms with Gasteiger partial charge in [0.1, 0.15) is 0 Å². The van der Waals surface area contributed by atoms with Gasteiger partial charge in [-0.3, -0.25) is 4.79 Å². The summed E-state index contributed by atoms with van der Waals surface area (Å²) in [7, 11) is 0. The van der Waals surface area contributed by atoms with Gasteiger partial charge in [-0.25, -0.2) is 4.79 Å². The van der Waals surface area contributed by atoms with E-state index in [1.165, 1.54) is 6.07 Å². The number of aromatic carboxylic acids is 1. The number of carboxylic acid groups (broad SMARTS) is 1. The minimum atomic E-state index is -1.08. The average Bonchev–Trinajstić information content (AvgIpc) is 2.28. The van der Waals surface area contributed by atoms with E-state index in [2.05, 4.69) is 21.2 Å². The number of nitrogens with two attached hydrogens (primary N) is 1. The fourth-order valence-electron chi connectivity index (χ4n) is 1.41. The minimum absolute atomic E-state index is 0.0606. The van der Waals surface area contributed by atoms with Crippen molar-refractivity contribution in [3.05, 3.63) is 28.2 Å². The topological polar surface area (TPSA) is 92.4 Å². The van der Waals surface area contributed by atoms with Crippen LogP contribution in [-0.4, -0.2) is 23.5 Å². The van der Waals surface area contributed by atoms with Crippen LogP contribution in [0.3, 0.4) is 0 Å². The van der Waals surface area contributed by atoms with Crippen LogP contribution in [0.1, 0.15) is 23.7 Å². The fourth-order valence-corrected chi connectivity index (χ4v) is 1.77. The number of rotatable bonds is 5. The molecule has 18 heavy (non-hydrogen) atoms. The Labute approximate surface area is 113 Å². The summed E-state index contributed by atoms with van der Waals surface area (Å²) < 4.78 is 0.703. The molecule has 5 nitrogen and oxygen atoms in total. The molecule has 1 aromatic carbocycles. The zero-order valence-corrected chi connectivity index (χ0v) is 11.5. The highest BCUT2D eigenvalue weighted by molar-refractivity contribution is 9.10. The normalized spacial score (nSPS) is 11.9. The van der Waals surface area contributed by atoms with Gasteiger partial charge in [0.15, 0.2) is 0 Å². The van der Waals surface area contributed by atoms with Gasteiger partial charge in [0, 0.05) is 10.9 Å². The first-order valence-corrected chi connectivity index (χ1v) is 6.26. The number of nitrogens with one attached hydrogen (secondary N) is 1. The summed E-state index contributed by atoms with van der Waals surface area (Å²) in [4.78, 5) is 22.7. The minimum Gasteiger partial charge on any atom is -0.478 e. The maximum atomic E-state index is 11.7. The Kier molecular flexibility index (Phi) is 5.30. The summed E-state index contributed by atoms with van der Waals surface area (Å²) in [6.45, 7) is 2.27. The van der Waals surface area contributed by atoms with E-state index in [-0.39, 0.29) is 29.5 Å². The van der Waals surface area contributed by atoms with Crippen LogP contribution in [0.2, 0.25) is 0 Å². The molecule has 0 fully saturated rings. The molecule has 1 aromatic rings. The Morgan fingerprint density at radius 2 is 2.17 bits per heavy atom. The van der Waals surface area contributed by atoms with Gasteiger partial charge >= 0.3 is 5.97 Å². The van der Waals surface area contributed by atoms with Gasteiger partial charge in [0.25, 0.3) is 0 Å². The zero-order valence-electron chi connectivity index (χ0n) is 9.94. The van der Waals surface area contributed by atoms with Crippen LogP contribution in [0.4, 0.5) is 5.69 Å². The van der Waals surface area contributed by atoms with E-state index in [4.69, 9.17) is 10.8 Å². The van der Waals surface area contributed by atoms with Crippen LogP contribution in [-0.2, 0) is 4.79 Å². The van der Waals surface area contributed by atoms with Crippen molar-refractivity contribution in [1.29, 1.82) is 0 Å². The molecule has 0 radical (unpaired) electrons. The third kappa shape index (κ3) is 4.12. The first-order valence-electron chi connectivity index (χ1n) is 5.46. The molecule has 0 aromatic heterocycles. The number of amides is 1. The van der Waals surface area contributed by atoms with Crippen molar-refractivity contribution >= 4 is 33.5 Å². The number of carbonyl (C=O) groups is 2. The Morgan fingerprint density at radius 3 is 2.72 bits per heavy atom. The number of hydrogen-bond acceptors (Lipinski definition) is 3. The summed E-state index contributed by atoms with van der Waals surface area (Å²) in [5.74, 6) is -1.26. The van der Waals surface area contributed by atoms with Crippen molar-refractivity contribution in [3.63, 3.8) is 0 Å². The van der Waals surface area contributed by atoms with E-state index in [1.807, 2.05) is 6.92 Å². The molecule has 0 spiro atoms. The standard InChI is InChI=1S/C12H15BrN2O3/c1-7(6-14)4-11(16)15-10-5-8(13)2-3-9(10)12(17)18/h2-3,5,7H,4,6,14H2,1H3,(H,15,16)(H,17,18). The predicted octanol–water partition coefficient (Wildman–Crippen LogP) is 2.07. The molecular weight excluding hydrogens is 300 g/mol. The molecule has 0 aliphatic carbocycles. The van der Waals surface area contributed by atoms with Crippen LogP contribution in [0.25, 0.3) is 0 Å². The molecule has 1 atom stereocenters. The Bertz CT molecular complexity index is 463. The quantitative estimate of drug-likeness (QED) is 0.775. The summed E-state index contributed by atoms with van der Waals surface area (Å²) >= 11 is 3.24. The molecule has 4 N–H and O–H groups in total. The molecule has 0 saturated heterocycles. The van der Waals surface area contributed by atoms with Crippen LogP contribution >= 0.6 is 15.9 Å². The molecular formula is C12H15BrN2O3. The van der Waals surface area contributed by atoms with E-state index in [0.29, 0.717) is 11.0 Å². The van der Waals surface area contributed by atoms with E-state index in [0.717, 1.165) is 0 Å². The zero-order chi connectivity index (χ0) is 13.7. The van der Waals surface area contributed by atoms with Crippen LogP contribution in [0.15, 0.2) is 22.7 Å². The largest absolute Gasteiger partial charge is 0.478 e. The predicted molar refractivity (Wildman–Crippen MR) is 72.6 cm³/mol. The van der Waals surface area contributed by atoms with Gasteiger partial charge in [0.2, 0.25) is 5.91 Å². The molecule has 1 amide bonds. The highest BCUT2D eigenvalue weighted by Gasteiger charge is 2.14. The lowest BCUT2D eigenvalue weighted by Crippen LogP contribution is -2.21. The van der Waals surface area contributed by atoms with E-state index >= 15 is 0 Å². The molecule has 6 heteroatoms. The maximum absolute atomic E-state index is 11.7. The molecule has 0 aliphatic heterocycles. The average molecular weight is 315 g/mol. The second-order valence-corrected chi connectivity index (χ2v) is 5.00. The molecule has 0 bridgehead atoms. The number of carboxylic acids is 1. The van der Waals surface area contributed by atoms with Crippen LogP contribution in [0.5, 0.6) is 0 Å². The van der Waals surface area contributed by atoms with E-state index < -0.39 is 5.97 Å². The van der Waals surface area contributed by atoms with Gasteiger partial charge < -0.3 is 16.2 Å². The summed E-state index contributed by atoms with van der Waals surface area (Å²) in [5, 5.41) is 11.6. The monoisotopic (exact) mass is 314 g/mol.